The summed E-state index contributed by atoms with van der Waals surface area (Å²) >= 11 is 0. The number of carboxylic acid groups (broad SMARTS) is 2. The lowest BCUT2D eigenvalue weighted by Gasteiger charge is -2.37. The van der Waals surface area contributed by atoms with Crippen molar-refractivity contribution in [2.24, 2.45) is 23.7 Å². The molecule has 5 aliphatic rings. The third-order valence-corrected chi connectivity index (χ3v) is 9.03. The Kier molecular flexibility index (Phi) is 11.9. The van der Waals surface area contributed by atoms with Crippen molar-refractivity contribution >= 4 is 35.9 Å². The number of hydrogen-bond acceptors (Lipinski definition) is 11. The minimum atomic E-state index is -1.31. The average molecular weight is 706 g/mol. The van der Waals surface area contributed by atoms with Gasteiger partial charge in [-0.3, -0.25) is 14.4 Å². The van der Waals surface area contributed by atoms with Gasteiger partial charge in [0.2, 0.25) is 11.8 Å². The topological polar surface area (TPSA) is 196 Å². The van der Waals surface area contributed by atoms with Gasteiger partial charge in [0, 0.05) is 64.2 Å². The van der Waals surface area contributed by atoms with E-state index in [4.69, 9.17) is 18.9 Å². The zero-order valence-corrected chi connectivity index (χ0v) is 29.6. The second-order valence-corrected chi connectivity index (χ2v) is 14.9. The molecule has 0 aliphatic carbocycles. The normalized spacial score (nSPS) is 29.2. The Bertz CT molecular complexity index is 1340. The highest BCUT2D eigenvalue weighted by atomic mass is 16.6. The van der Waals surface area contributed by atoms with E-state index in [0.29, 0.717) is 52.4 Å². The van der Waals surface area contributed by atoms with Crippen LogP contribution in [0.4, 0.5) is 9.59 Å². The van der Waals surface area contributed by atoms with Crippen LogP contribution in [0.5, 0.6) is 0 Å². The summed E-state index contributed by atoms with van der Waals surface area (Å²) in [5.41, 5.74) is -1.14. The van der Waals surface area contributed by atoms with Gasteiger partial charge in [-0.15, -0.1) is 6.58 Å². The maximum Gasteiger partial charge on any atom is 0.410 e. The average Bonchev–Trinajstić information content (AvgIpc) is 3.78. The molecule has 4 unspecified atom stereocenters. The molecule has 16 heteroatoms. The quantitative estimate of drug-likeness (QED) is 0.386. The molecule has 1 N–H and O–H groups in total. The SMILES string of the molecule is C=C[C@H]1OCC(C(=O)N2CCN(C(=O)OC(C)(C)C)CC2)C1C(=O)[O-].CC(C)(C)OC(=O)N1CCN(C(=O)C2C(C(=O)O)[C@H]3C=C[C@@H]2O3)CC1. The van der Waals surface area contributed by atoms with Crippen molar-refractivity contribution in [2.45, 2.75) is 71.1 Å². The summed E-state index contributed by atoms with van der Waals surface area (Å²) in [5, 5.41) is 20.8. The Labute approximate surface area is 291 Å². The molecule has 4 fully saturated rings. The lowest BCUT2D eigenvalue weighted by Crippen LogP contribution is -2.54. The van der Waals surface area contributed by atoms with Crippen molar-refractivity contribution in [3.05, 3.63) is 24.8 Å². The van der Waals surface area contributed by atoms with E-state index < -0.39 is 77.3 Å². The van der Waals surface area contributed by atoms with Crippen LogP contribution in [-0.2, 0) is 38.1 Å². The highest BCUT2D eigenvalue weighted by Gasteiger charge is 2.54. The fourth-order valence-electron chi connectivity index (χ4n) is 6.60. The number of ether oxygens (including phenoxy) is 4. The Hall–Kier alpha value is -4.18. The summed E-state index contributed by atoms with van der Waals surface area (Å²) < 4.78 is 21.6. The molecule has 4 amide bonds. The van der Waals surface area contributed by atoms with Gasteiger partial charge < -0.3 is 53.6 Å². The van der Waals surface area contributed by atoms with Crippen LogP contribution >= 0.6 is 0 Å². The summed E-state index contributed by atoms with van der Waals surface area (Å²) in [7, 11) is 0. The van der Waals surface area contributed by atoms with Gasteiger partial charge in [0.1, 0.15) is 17.1 Å². The number of carboxylic acids is 2. The fourth-order valence-corrected chi connectivity index (χ4v) is 6.60. The molecule has 7 atom stereocenters. The van der Waals surface area contributed by atoms with Crippen LogP contribution in [-0.4, -0.2) is 149 Å². The van der Waals surface area contributed by atoms with Gasteiger partial charge in [-0.2, -0.15) is 0 Å². The molecule has 0 radical (unpaired) electrons. The molecule has 2 bridgehead atoms. The number of aliphatic carboxylic acids is 2. The van der Waals surface area contributed by atoms with Gasteiger partial charge in [0.15, 0.2) is 0 Å². The van der Waals surface area contributed by atoms with Gasteiger partial charge in [-0.05, 0) is 41.5 Å². The standard InChI is InChI=1S/C17H24N2O6.C17H26N2O6/c1-17(2,3)25-16(23)19-8-6-18(7-9-19)14(20)12-10-4-5-11(24-10)13(12)15(21)22;1-5-12-13(15(21)22)11(10-24-12)14(20)18-6-8-19(9-7-18)16(23)25-17(2,3)4/h4-5,10-13H,6-9H2,1-3H3,(H,21,22);5,11-13H,1,6-10H2,2-4H3,(H,21,22)/p-1/t10-,11+,12?,13?;11?,12-,13?/m01/s1. The smallest absolute Gasteiger partial charge is 0.410 e. The summed E-state index contributed by atoms with van der Waals surface area (Å²) in [6.45, 7) is 17.2. The minimum absolute atomic E-state index is 0.0282. The van der Waals surface area contributed by atoms with Crippen LogP contribution in [0.25, 0.3) is 0 Å². The van der Waals surface area contributed by atoms with Gasteiger partial charge in [-0.25, -0.2) is 9.59 Å². The molecule has 0 saturated carbocycles. The maximum absolute atomic E-state index is 12.8. The second kappa shape index (κ2) is 15.4. The number of nitrogens with zero attached hydrogens (tertiary/aromatic N) is 4. The van der Waals surface area contributed by atoms with Crippen LogP contribution in [0.3, 0.4) is 0 Å². The highest BCUT2D eigenvalue weighted by Crippen LogP contribution is 2.40. The lowest BCUT2D eigenvalue weighted by atomic mass is 9.82. The zero-order valence-electron chi connectivity index (χ0n) is 29.6. The monoisotopic (exact) mass is 705 g/mol. The Balaban J connectivity index is 0.000000225. The molecule has 4 saturated heterocycles. The summed E-state index contributed by atoms with van der Waals surface area (Å²) in [6.07, 6.45) is 2.34. The first-order valence-electron chi connectivity index (χ1n) is 16.9. The highest BCUT2D eigenvalue weighted by molar-refractivity contribution is 5.88. The summed E-state index contributed by atoms with van der Waals surface area (Å²) in [4.78, 5) is 78.8. The number of amides is 4. The molecule has 50 heavy (non-hydrogen) atoms. The zero-order chi connectivity index (χ0) is 37.1. The van der Waals surface area contributed by atoms with E-state index in [2.05, 4.69) is 6.58 Å². The number of carbonyl (C=O) groups excluding carboxylic acids is 5. The fraction of sp³-hybridized carbons (Fsp3) is 0.706. The predicted molar refractivity (Wildman–Crippen MR) is 173 cm³/mol. The molecule has 16 nitrogen and oxygen atoms in total. The third kappa shape index (κ3) is 9.13. The van der Waals surface area contributed by atoms with E-state index in [1.165, 1.54) is 6.08 Å². The van der Waals surface area contributed by atoms with E-state index in [-0.39, 0.29) is 18.4 Å². The molecule has 278 valence electrons. The number of carbonyl (C=O) groups is 6. The molecule has 5 heterocycles. The summed E-state index contributed by atoms with van der Waals surface area (Å²) in [6, 6.07) is 0. The van der Waals surface area contributed by atoms with Gasteiger partial charge in [-0.1, -0.05) is 18.2 Å². The van der Waals surface area contributed by atoms with E-state index in [1.54, 1.807) is 73.3 Å². The van der Waals surface area contributed by atoms with E-state index in [9.17, 15) is 39.0 Å². The Morgan fingerprint density at radius 3 is 1.54 bits per heavy atom. The molecule has 0 aromatic heterocycles. The van der Waals surface area contributed by atoms with Crippen molar-refractivity contribution in [1.29, 1.82) is 0 Å². The number of rotatable bonds is 5. The molecule has 5 rings (SSSR count). The Morgan fingerprint density at radius 1 is 0.720 bits per heavy atom. The maximum atomic E-state index is 12.8. The van der Waals surface area contributed by atoms with Crippen molar-refractivity contribution in [3.8, 4) is 0 Å². The van der Waals surface area contributed by atoms with Crippen LogP contribution < -0.4 is 5.11 Å². The Morgan fingerprint density at radius 2 is 1.14 bits per heavy atom. The minimum Gasteiger partial charge on any atom is -0.550 e. The first-order chi connectivity index (χ1) is 23.3. The second-order valence-electron chi connectivity index (χ2n) is 14.9. The van der Waals surface area contributed by atoms with Gasteiger partial charge in [0.25, 0.3) is 0 Å². The predicted octanol–water partition coefficient (Wildman–Crippen LogP) is 0.353. The third-order valence-electron chi connectivity index (χ3n) is 9.03. The first kappa shape index (κ1) is 38.6. The number of hydrogen-bond donors (Lipinski definition) is 1. The van der Waals surface area contributed by atoms with E-state index in [1.807, 2.05) is 0 Å². The van der Waals surface area contributed by atoms with Crippen molar-refractivity contribution < 1.29 is 57.9 Å². The van der Waals surface area contributed by atoms with Gasteiger partial charge in [0.05, 0.1) is 36.8 Å². The number of fused-ring (bicyclic) bond motifs is 2. The van der Waals surface area contributed by atoms with Crippen LogP contribution in [0.1, 0.15) is 41.5 Å². The molecule has 0 aromatic rings. The largest absolute Gasteiger partial charge is 0.550 e. The molecular formula is C34H49N4O12-. The first-order valence-corrected chi connectivity index (χ1v) is 16.9. The van der Waals surface area contributed by atoms with Crippen LogP contribution in [0.15, 0.2) is 24.8 Å². The molecule has 0 aromatic carbocycles. The molecule has 5 aliphatic heterocycles. The molecule has 0 spiro atoms. The van der Waals surface area contributed by atoms with Crippen molar-refractivity contribution in [1.82, 2.24) is 19.6 Å². The number of piperazine rings is 2. The van der Waals surface area contributed by atoms with Crippen molar-refractivity contribution in [2.75, 3.05) is 59.0 Å². The van der Waals surface area contributed by atoms with Gasteiger partial charge >= 0.3 is 18.2 Å². The lowest BCUT2D eigenvalue weighted by molar-refractivity contribution is -0.313. The van der Waals surface area contributed by atoms with Crippen LogP contribution in [0, 0.1) is 23.7 Å². The van der Waals surface area contributed by atoms with Crippen LogP contribution in [0.2, 0.25) is 0 Å². The molecular weight excluding hydrogens is 656 g/mol. The van der Waals surface area contributed by atoms with E-state index >= 15 is 0 Å². The van der Waals surface area contributed by atoms with E-state index in [0.717, 1.165) is 0 Å². The summed E-state index contributed by atoms with van der Waals surface area (Å²) in [5.74, 6) is -6.19. The van der Waals surface area contributed by atoms with Crippen molar-refractivity contribution in [3.63, 3.8) is 0 Å².